The van der Waals surface area contributed by atoms with Crippen molar-refractivity contribution in [1.82, 2.24) is 19.4 Å². The van der Waals surface area contributed by atoms with E-state index in [1.54, 1.807) is 6.20 Å². The molecule has 7 rings (SSSR count). The van der Waals surface area contributed by atoms with Gasteiger partial charge in [0, 0.05) is 35.4 Å². The second-order valence-electron chi connectivity index (χ2n) is 8.54. The number of hydrogen-bond acceptors (Lipinski definition) is 4. The summed E-state index contributed by atoms with van der Waals surface area (Å²) in [7, 11) is 0. The molecule has 3 saturated heterocycles. The number of benzene rings is 2. The average molecular weight is 430 g/mol. The summed E-state index contributed by atoms with van der Waals surface area (Å²) >= 11 is 6.62. The molecule has 1 N–H and O–H groups in total. The molecule has 5 heterocycles. The lowest BCUT2D eigenvalue weighted by Gasteiger charge is -2.44. The Morgan fingerprint density at radius 3 is 2.52 bits per heavy atom. The van der Waals surface area contributed by atoms with Gasteiger partial charge < -0.3 is 14.8 Å². The number of nitrogens with zero attached hydrogens (tertiary/aromatic N) is 4. The fourth-order valence-corrected chi connectivity index (χ4v) is 5.28. The number of piperidine rings is 3. The van der Waals surface area contributed by atoms with E-state index in [2.05, 4.69) is 74.5 Å². The fourth-order valence-electron chi connectivity index (χ4n) is 5.09. The van der Waals surface area contributed by atoms with Gasteiger partial charge in [-0.3, -0.25) is 0 Å². The van der Waals surface area contributed by atoms with E-state index in [0.29, 0.717) is 22.9 Å². The van der Waals surface area contributed by atoms with Gasteiger partial charge in [-0.15, -0.1) is 0 Å². The first kappa shape index (κ1) is 18.8. The zero-order valence-electron chi connectivity index (χ0n) is 17.2. The Morgan fingerprint density at radius 1 is 0.968 bits per heavy atom. The van der Waals surface area contributed by atoms with Gasteiger partial charge >= 0.3 is 0 Å². The Kier molecular flexibility index (Phi) is 4.66. The van der Waals surface area contributed by atoms with Crippen LogP contribution in [0, 0.1) is 5.92 Å². The molecule has 1 atom stereocenters. The van der Waals surface area contributed by atoms with Crippen molar-refractivity contribution in [2.75, 3.05) is 25.0 Å². The standard InChI is InChI=1S/C25H24ClN5/c26-21-14-27-25(28-22-16-30-12-10-17(22)11-13-30)29-24(21)20-15-31(18-6-2-1-3-7-18)23-9-5-4-8-19(20)23/h1-9,14-15,17,22H,10-13,16H2,(H,27,28,29)/t22-/m1/s1. The Labute approximate surface area is 186 Å². The van der Waals surface area contributed by atoms with Crippen LogP contribution in [0.2, 0.25) is 5.02 Å². The van der Waals surface area contributed by atoms with Crippen molar-refractivity contribution in [1.29, 1.82) is 0 Å². The van der Waals surface area contributed by atoms with Crippen LogP contribution in [0.4, 0.5) is 5.95 Å². The zero-order valence-corrected chi connectivity index (χ0v) is 18.0. The highest BCUT2D eigenvalue weighted by molar-refractivity contribution is 6.33. The van der Waals surface area contributed by atoms with Gasteiger partial charge in [0.05, 0.1) is 22.4 Å². The molecule has 3 aliphatic heterocycles. The second-order valence-corrected chi connectivity index (χ2v) is 8.95. The van der Waals surface area contributed by atoms with Crippen LogP contribution in [0.5, 0.6) is 0 Å². The lowest BCUT2D eigenvalue weighted by atomic mass is 9.84. The molecule has 5 nitrogen and oxygen atoms in total. The quantitative estimate of drug-likeness (QED) is 0.481. The molecular formula is C25H24ClN5. The van der Waals surface area contributed by atoms with Crippen molar-refractivity contribution in [3.63, 3.8) is 0 Å². The highest BCUT2D eigenvalue weighted by Gasteiger charge is 2.34. The molecule has 0 amide bonds. The van der Waals surface area contributed by atoms with Crippen LogP contribution in [-0.4, -0.2) is 45.1 Å². The molecule has 0 radical (unpaired) electrons. The minimum Gasteiger partial charge on any atom is -0.350 e. The minimum absolute atomic E-state index is 0.405. The lowest BCUT2D eigenvalue weighted by Crippen LogP contribution is -2.53. The molecule has 3 fully saturated rings. The first-order valence-corrected chi connectivity index (χ1v) is 11.3. The molecule has 0 aliphatic carbocycles. The number of halogens is 1. The minimum atomic E-state index is 0.405. The van der Waals surface area contributed by atoms with Crippen molar-refractivity contribution in [3.8, 4) is 16.9 Å². The predicted octanol–water partition coefficient (Wildman–Crippen LogP) is 5.25. The van der Waals surface area contributed by atoms with Crippen molar-refractivity contribution < 1.29 is 0 Å². The molecule has 6 heteroatoms. The summed E-state index contributed by atoms with van der Waals surface area (Å²) in [6, 6.07) is 19.1. The molecule has 0 unspecified atom stereocenters. The monoisotopic (exact) mass is 429 g/mol. The number of nitrogens with one attached hydrogen (secondary N) is 1. The number of para-hydroxylation sites is 2. The molecule has 156 valence electrons. The largest absolute Gasteiger partial charge is 0.350 e. The molecule has 3 aliphatic rings. The van der Waals surface area contributed by atoms with E-state index in [1.807, 2.05) is 6.07 Å². The van der Waals surface area contributed by atoms with Crippen LogP contribution in [0.3, 0.4) is 0 Å². The SMILES string of the molecule is Clc1cnc(N[C@@H]2CN3CCC2CC3)nc1-c1cn(-c2ccccc2)c2ccccc12. The third-order valence-electron chi connectivity index (χ3n) is 6.72. The summed E-state index contributed by atoms with van der Waals surface area (Å²) < 4.78 is 2.20. The summed E-state index contributed by atoms with van der Waals surface area (Å²) in [5, 5.41) is 5.30. The topological polar surface area (TPSA) is 46.0 Å². The number of anilines is 1. The highest BCUT2D eigenvalue weighted by atomic mass is 35.5. The molecule has 2 bridgehead atoms. The molecular weight excluding hydrogens is 406 g/mol. The first-order chi connectivity index (χ1) is 15.3. The smallest absolute Gasteiger partial charge is 0.223 e. The maximum atomic E-state index is 6.62. The van der Waals surface area contributed by atoms with Gasteiger partial charge in [0.15, 0.2) is 0 Å². The molecule has 2 aromatic carbocycles. The van der Waals surface area contributed by atoms with Crippen molar-refractivity contribution >= 4 is 28.5 Å². The molecule has 2 aromatic heterocycles. The van der Waals surface area contributed by atoms with E-state index in [9.17, 15) is 0 Å². The van der Waals surface area contributed by atoms with Gasteiger partial charge in [-0.05, 0) is 50.0 Å². The van der Waals surface area contributed by atoms with Gasteiger partial charge in [-0.2, -0.15) is 0 Å². The Balaban J connectivity index is 1.41. The summed E-state index contributed by atoms with van der Waals surface area (Å²) in [5.41, 5.74) is 4.03. The van der Waals surface area contributed by atoms with Gasteiger partial charge in [0.2, 0.25) is 5.95 Å². The normalized spacial score (nSPS) is 22.7. The number of hydrogen-bond donors (Lipinski definition) is 1. The number of fused-ring (bicyclic) bond motifs is 4. The fraction of sp³-hybridized carbons (Fsp3) is 0.280. The van der Waals surface area contributed by atoms with Crippen LogP contribution >= 0.6 is 11.6 Å². The third kappa shape index (κ3) is 3.38. The van der Waals surface area contributed by atoms with E-state index in [4.69, 9.17) is 16.6 Å². The van der Waals surface area contributed by atoms with E-state index >= 15 is 0 Å². The Hall–Kier alpha value is -2.89. The Bertz CT molecular complexity index is 1230. The van der Waals surface area contributed by atoms with Gasteiger partial charge in [-0.1, -0.05) is 48.0 Å². The van der Waals surface area contributed by atoms with Gasteiger partial charge in [-0.25, -0.2) is 9.97 Å². The molecule has 0 saturated carbocycles. The van der Waals surface area contributed by atoms with Crippen LogP contribution in [-0.2, 0) is 0 Å². The average Bonchev–Trinajstić information content (AvgIpc) is 3.21. The van der Waals surface area contributed by atoms with Gasteiger partial charge in [0.1, 0.15) is 0 Å². The number of rotatable bonds is 4. The van der Waals surface area contributed by atoms with Crippen molar-refractivity contribution in [3.05, 3.63) is 72.0 Å². The van der Waals surface area contributed by atoms with E-state index in [0.717, 1.165) is 34.4 Å². The van der Waals surface area contributed by atoms with E-state index < -0.39 is 0 Å². The highest BCUT2D eigenvalue weighted by Crippen LogP contribution is 2.36. The Morgan fingerprint density at radius 2 is 1.74 bits per heavy atom. The van der Waals surface area contributed by atoms with Crippen LogP contribution < -0.4 is 5.32 Å². The van der Waals surface area contributed by atoms with Crippen LogP contribution in [0.1, 0.15) is 12.8 Å². The number of aromatic nitrogens is 3. The maximum absolute atomic E-state index is 6.62. The predicted molar refractivity (Wildman–Crippen MR) is 126 cm³/mol. The lowest BCUT2D eigenvalue weighted by molar-refractivity contribution is 0.0972. The maximum Gasteiger partial charge on any atom is 0.223 e. The van der Waals surface area contributed by atoms with Crippen LogP contribution in [0.25, 0.3) is 27.8 Å². The van der Waals surface area contributed by atoms with E-state index in [1.165, 1.54) is 25.9 Å². The van der Waals surface area contributed by atoms with Gasteiger partial charge in [0.25, 0.3) is 0 Å². The molecule has 0 spiro atoms. The molecule has 31 heavy (non-hydrogen) atoms. The van der Waals surface area contributed by atoms with Crippen molar-refractivity contribution in [2.24, 2.45) is 5.92 Å². The molecule has 4 aromatic rings. The zero-order chi connectivity index (χ0) is 20.8. The second kappa shape index (κ2) is 7.66. The first-order valence-electron chi connectivity index (χ1n) is 10.9. The third-order valence-corrected chi connectivity index (χ3v) is 6.99. The summed E-state index contributed by atoms with van der Waals surface area (Å²) in [6.45, 7) is 3.50. The summed E-state index contributed by atoms with van der Waals surface area (Å²) in [6.07, 6.45) is 6.36. The summed E-state index contributed by atoms with van der Waals surface area (Å²) in [4.78, 5) is 11.9. The van der Waals surface area contributed by atoms with Crippen molar-refractivity contribution in [2.45, 2.75) is 18.9 Å². The van der Waals surface area contributed by atoms with Crippen LogP contribution in [0.15, 0.2) is 67.0 Å². The summed E-state index contributed by atoms with van der Waals surface area (Å²) in [5.74, 6) is 1.36. The van der Waals surface area contributed by atoms with E-state index in [-0.39, 0.29) is 0 Å².